The maximum absolute atomic E-state index is 12.1. The summed E-state index contributed by atoms with van der Waals surface area (Å²) in [5.41, 5.74) is 0. The molecule has 0 aromatic heterocycles. The first-order valence-electron chi connectivity index (χ1n) is 8.41. The maximum atomic E-state index is 12.1. The Labute approximate surface area is 138 Å². The first-order valence-corrected chi connectivity index (χ1v) is 8.41. The molecule has 6 heteroatoms. The Morgan fingerprint density at radius 3 is 1.35 bits per heavy atom. The molecule has 0 radical (unpaired) electrons. The fourth-order valence-electron chi connectivity index (χ4n) is 2.17. The van der Waals surface area contributed by atoms with Crippen LogP contribution >= 0.6 is 0 Å². The molecule has 2 atom stereocenters. The largest absolute Gasteiger partial charge is 0.355 e. The van der Waals surface area contributed by atoms with Gasteiger partial charge in [0.25, 0.3) is 0 Å². The number of nitrogens with one attached hydrogen (secondary N) is 2. The number of carbonyl (C=O) groups excluding carboxylic acids is 4. The minimum atomic E-state index is -0.960. The summed E-state index contributed by atoms with van der Waals surface area (Å²) in [6.07, 6.45) is 3.44. The van der Waals surface area contributed by atoms with Gasteiger partial charge in [-0.1, -0.05) is 26.7 Å². The smallest absolute Gasteiger partial charge is 0.230 e. The standard InChI is InChI=1S/C17H30N2O4/c1-5-7-9-18-16(22)14(12(3)20)11-15(13(4)21)17(23)19-10-8-6-2/h14-15H,5-11H2,1-4H3,(H,18,22)(H,19,23). The molecule has 0 bridgehead atoms. The van der Waals surface area contributed by atoms with Crippen LogP contribution < -0.4 is 10.6 Å². The summed E-state index contributed by atoms with van der Waals surface area (Å²) in [6, 6.07) is 0. The maximum Gasteiger partial charge on any atom is 0.230 e. The van der Waals surface area contributed by atoms with E-state index in [9.17, 15) is 19.2 Å². The van der Waals surface area contributed by atoms with Crippen molar-refractivity contribution in [3.8, 4) is 0 Å². The van der Waals surface area contributed by atoms with Gasteiger partial charge in [-0.15, -0.1) is 0 Å². The zero-order valence-corrected chi connectivity index (χ0v) is 14.7. The highest BCUT2D eigenvalue weighted by Crippen LogP contribution is 2.16. The third-order valence-corrected chi connectivity index (χ3v) is 3.74. The molecule has 2 amide bonds. The number of carbonyl (C=O) groups is 4. The highest BCUT2D eigenvalue weighted by molar-refractivity contribution is 6.04. The van der Waals surface area contributed by atoms with E-state index in [-0.39, 0.29) is 18.0 Å². The molecule has 0 aliphatic rings. The van der Waals surface area contributed by atoms with Gasteiger partial charge in [0.1, 0.15) is 11.6 Å². The molecule has 0 saturated carbocycles. The summed E-state index contributed by atoms with van der Waals surface area (Å²) in [5.74, 6) is -3.38. The van der Waals surface area contributed by atoms with Crippen LogP contribution in [-0.4, -0.2) is 36.5 Å². The van der Waals surface area contributed by atoms with E-state index < -0.39 is 23.7 Å². The topological polar surface area (TPSA) is 92.3 Å². The molecular formula is C17H30N2O4. The minimum Gasteiger partial charge on any atom is -0.355 e. The average molecular weight is 326 g/mol. The van der Waals surface area contributed by atoms with Gasteiger partial charge in [-0.25, -0.2) is 0 Å². The number of unbranched alkanes of at least 4 members (excludes halogenated alkanes) is 2. The fraction of sp³-hybridized carbons (Fsp3) is 0.765. The number of ketones is 2. The molecule has 0 spiro atoms. The summed E-state index contributed by atoms with van der Waals surface area (Å²) in [6.45, 7) is 7.62. The van der Waals surface area contributed by atoms with E-state index in [1.807, 2.05) is 13.8 Å². The monoisotopic (exact) mass is 326 g/mol. The molecule has 0 fully saturated rings. The zero-order chi connectivity index (χ0) is 17.8. The van der Waals surface area contributed by atoms with Gasteiger partial charge in [-0.05, 0) is 33.1 Å². The highest BCUT2D eigenvalue weighted by Gasteiger charge is 2.32. The number of amides is 2. The number of hydrogen-bond donors (Lipinski definition) is 2. The van der Waals surface area contributed by atoms with Gasteiger partial charge in [0.2, 0.25) is 11.8 Å². The van der Waals surface area contributed by atoms with Crippen LogP contribution in [-0.2, 0) is 19.2 Å². The van der Waals surface area contributed by atoms with Crippen LogP contribution in [0.25, 0.3) is 0 Å². The third-order valence-electron chi connectivity index (χ3n) is 3.74. The van der Waals surface area contributed by atoms with Gasteiger partial charge in [-0.3, -0.25) is 19.2 Å². The molecule has 23 heavy (non-hydrogen) atoms. The average Bonchev–Trinajstić information content (AvgIpc) is 2.47. The Kier molecular flexibility index (Phi) is 10.9. The molecular weight excluding hydrogens is 296 g/mol. The molecule has 0 rings (SSSR count). The van der Waals surface area contributed by atoms with Gasteiger partial charge in [-0.2, -0.15) is 0 Å². The third kappa shape index (κ3) is 8.47. The van der Waals surface area contributed by atoms with Crippen molar-refractivity contribution in [1.29, 1.82) is 0 Å². The van der Waals surface area contributed by atoms with Crippen LogP contribution in [0.1, 0.15) is 59.8 Å². The van der Waals surface area contributed by atoms with Crippen molar-refractivity contribution < 1.29 is 19.2 Å². The molecule has 0 aliphatic heterocycles. The van der Waals surface area contributed by atoms with Crippen molar-refractivity contribution in [2.24, 2.45) is 11.8 Å². The minimum absolute atomic E-state index is 0.0689. The van der Waals surface area contributed by atoms with E-state index in [1.165, 1.54) is 13.8 Å². The van der Waals surface area contributed by atoms with Gasteiger partial charge >= 0.3 is 0 Å². The van der Waals surface area contributed by atoms with Crippen molar-refractivity contribution in [3.05, 3.63) is 0 Å². The Bertz CT molecular complexity index is 383. The van der Waals surface area contributed by atoms with E-state index >= 15 is 0 Å². The molecule has 132 valence electrons. The fourth-order valence-corrected chi connectivity index (χ4v) is 2.17. The summed E-state index contributed by atoms with van der Waals surface area (Å²) in [7, 11) is 0. The van der Waals surface area contributed by atoms with Gasteiger partial charge in [0, 0.05) is 13.1 Å². The molecule has 2 unspecified atom stereocenters. The number of Topliss-reactive ketones (excluding diaryl/α,β-unsaturated/α-hetero) is 2. The van der Waals surface area contributed by atoms with E-state index in [1.54, 1.807) is 0 Å². The van der Waals surface area contributed by atoms with Crippen molar-refractivity contribution >= 4 is 23.4 Å². The first-order chi connectivity index (χ1) is 10.8. The van der Waals surface area contributed by atoms with Crippen LogP contribution in [0.3, 0.4) is 0 Å². The summed E-state index contributed by atoms with van der Waals surface area (Å²) in [5, 5.41) is 5.40. The van der Waals surface area contributed by atoms with Crippen LogP contribution in [0.4, 0.5) is 0 Å². The van der Waals surface area contributed by atoms with Crippen LogP contribution in [0, 0.1) is 11.8 Å². The van der Waals surface area contributed by atoms with Crippen molar-refractivity contribution in [3.63, 3.8) is 0 Å². The second-order valence-corrected chi connectivity index (χ2v) is 5.85. The van der Waals surface area contributed by atoms with E-state index in [4.69, 9.17) is 0 Å². The van der Waals surface area contributed by atoms with Crippen LogP contribution in [0.5, 0.6) is 0 Å². The first kappa shape index (κ1) is 21.3. The molecule has 0 aromatic rings. The Morgan fingerprint density at radius 1 is 0.739 bits per heavy atom. The molecule has 0 saturated heterocycles. The second-order valence-electron chi connectivity index (χ2n) is 5.85. The lowest BCUT2D eigenvalue weighted by Gasteiger charge is -2.19. The zero-order valence-electron chi connectivity index (χ0n) is 14.7. The molecule has 6 nitrogen and oxygen atoms in total. The normalized spacial score (nSPS) is 13.0. The summed E-state index contributed by atoms with van der Waals surface area (Å²) >= 11 is 0. The lowest BCUT2D eigenvalue weighted by Crippen LogP contribution is -2.41. The Morgan fingerprint density at radius 2 is 1.09 bits per heavy atom. The van der Waals surface area contributed by atoms with Crippen molar-refractivity contribution in [1.82, 2.24) is 10.6 Å². The summed E-state index contributed by atoms with van der Waals surface area (Å²) in [4.78, 5) is 47.8. The molecule has 2 N–H and O–H groups in total. The number of rotatable bonds is 12. The molecule has 0 aromatic carbocycles. The summed E-state index contributed by atoms with van der Waals surface area (Å²) < 4.78 is 0. The van der Waals surface area contributed by atoms with E-state index in [0.717, 1.165) is 25.7 Å². The highest BCUT2D eigenvalue weighted by atomic mass is 16.2. The van der Waals surface area contributed by atoms with Crippen LogP contribution in [0.15, 0.2) is 0 Å². The van der Waals surface area contributed by atoms with Crippen LogP contribution in [0.2, 0.25) is 0 Å². The molecule has 0 heterocycles. The van der Waals surface area contributed by atoms with Gasteiger partial charge in [0.05, 0.1) is 11.8 Å². The quantitative estimate of drug-likeness (QED) is 0.421. The lowest BCUT2D eigenvalue weighted by atomic mass is 9.88. The van der Waals surface area contributed by atoms with Crippen molar-refractivity contribution in [2.45, 2.75) is 59.8 Å². The predicted molar refractivity (Wildman–Crippen MR) is 88.8 cm³/mol. The predicted octanol–water partition coefficient (Wildman–Crippen LogP) is 1.62. The lowest BCUT2D eigenvalue weighted by molar-refractivity contribution is -0.137. The van der Waals surface area contributed by atoms with Gasteiger partial charge < -0.3 is 10.6 Å². The molecule has 0 aliphatic carbocycles. The van der Waals surface area contributed by atoms with E-state index in [2.05, 4.69) is 10.6 Å². The van der Waals surface area contributed by atoms with Gasteiger partial charge in [0.15, 0.2) is 0 Å². The SMILES string of the molecule is CCCCNC(=O)C(CC(C(C)=O)C(=O)NCCCC)C(C)=O. The Hall–Kier alpha value is -1.72. The second kappa shape index (κ2) is 11.8. The van der Waals surface area contributed by atoms with Crippen molar-refractivity contribution in [2.75, 3.05) is 13.1 Å². The Balaban J connectivity index is 4.82. The van der Waals surface area contributed by atoms with E-state index in [0.29, 0.717) is 13.1 Å². The number of hydrogen-bond acceptors (Lipinski definition) is 4.